The highest BCUT2D eigenvalue weighted by Gasteiger charge is 2.37. The van der Waals surface area contributed by atoms with Crippen molar-refractivity contribution in [3.05, 3.63) is 24.2 Å². The molecule has 0 unspecified atom stereocenters. The van der Waals surface area contributed by atoms with Crippen LogP contribution >= 0.6 is 0 Å². The van der Waals surface area contributed by atoms with E-state index in [9.17, 15) is 0 Å². The van der Waals surface area contributed by atoms with Crippen LogP contribution in [0, 0.1) is 5.41 Å². The lowest BCUT2D eigenvalue weighted by Gasteiger charge is -2.37. The Labute approximate surface area is 129 Å². The van der Waals surface area contributed by atoms with Crippen LogP contribution in [0.5, 0.6) is 0 Å². The summed E-state index contributed by atoms with van der Waals surface area (Å²) in [7, 11) is 0. The van der Waals surface area contributed by atoms with Crippen molar-refractivity contribution in [2.24, 2.45) is 5.41 Å². The first-order chi connectivity index (χ1) is 10.2. The first-order valence-corrected chi connectivity index (χ1v) is 8.74. The highest BCUT2D eigenvalue weighted by molar-refractivity contribution is 5.01. The molecule has 118 valence electrons. The molecule has 1 aromatic heterocycles. The Hall–Kier alpha value is -0.800. The maximum atomic E-state index is 5.57. The Balaban J connectivity index is 1.62. The first-order valence-electron chi connectivity index (χ1n) is 8.74. The molecule has 3 rings (SSSR count). The normalized spacial score (nSPS) is 19.4. The van der Waals surface area contributed by atoms with Crippen molar-refractivity contribution >= 4 is 0 Å². The lowest BCUT2D eigenvalue weighted by Crippen LogP contribution is -2.44. The van der Waals surface area contributed by atoms with Gasteiger partial charge in [0, 0.05) is 25.2 Å². The molecule has 1 heterocycles. The molecular formula is C18H30N2O. The van der Waals surface area contributed by atoms with Gasteiger partial charge in [0.2, 0.25) is 0 Å². The highest BCUT2D eigenvalue weighted by atomic mass is 16.3. The summed E-state index contributed by atoms with van der Waals surface area (Å²) >= 11 is 0. The molecule has 2 saturated carbocycles. The fourth-order valence-electron chi connectivity index (χ4n) is 3.22. The lowest BCUT2D eigenvalue weighted by molar-refractivity contribution is 0.115. The number of hydrogen-bond donors (Lipinski definition) is 1. The average molecular weight is 290 g/mol. The predicted molar refractivity (Wildman–Crippen MR) is 86.2 cm³/mol. The van der Waals surface area contributed by atoms with Gasteiger partial charge in [0.25, 0.3) is 0 Å². The van der Waals surface area contributed by atoms with Gasteiger partial charge in [-0.25, -0.2) is 0 Å². The van der Waals surface area contributed by atoms with Crippen LogP contribution < -0.4 is 5.32 Å². The van der Waals surface area contributed by atoms with Gasteiger partial charge in [-0.2, -0.15) is 0 Å². The third-order valence-corrected chi connectivity index (χ3v) is 5.38. The van der Waals surface area contributed by atoms with E-state index in [1.165, 1.54) is 51.6 Å². The van der Waals surface area contributed by atoms with Crippen molar-refractivity contribution in [3.8, 4) is 0 Å². The second kappa shape index (κ2) is 6.53. The molecule has 2 aliphatic rings. The summed E-state index contributed by atoms with van der Waals surface area (Å²) in [6, 6.07) is 5.70. The summed E-state index contributed by atoms with van der Waals surface area (Å²) in [5.74, 6) is 1.11. The molecule has 0 aromatic carbocycles. The van der Waals surface area contributed by atoms with Crippen LogP contribution in [-0.2, 0) is 6.54 Å². The Kier molecular flexibility index (Phi) is 4.70. The fourth-order valence-corrected chi connectivity index (χ4v) is 3.22. The van der Waals surface area contributed by atoms with E-state index in [-0.39, 0.29) is 0 Å². The van der Waals surface area contributed by atoms with Crippen LogP contribution in [-0.4, -0.2) is 30.1 Å². The van der Waals surface area contributed by atoms with Crippen LogP contribution in [0.1, 0.15) is 58.1 Å². The van der Waals surface area contributed by atoms with Crippen molar-refractivity contribution in [1.82, 2.24) is 10.2 Å². The first kappa shape index (κ1) is 15.1. The molecule has 3 nitrogen and oxygen atoms in total. The Morgan fingerprint density at radius 3 is 2.52 bits per heavy atom. The molecule has 3 heteroatoms. The van der Waals surface area contributed by atoms with Gasteiger partial charge in [-0.15, -0.1) is 0 Å². The van der Waals surface area contributed by atoms with E-state index in [0.717, 1.165) is 24.4 Å². The number of nitrogens with one attached hydrogen (secondary N) is 1. The molecular weight excluding hydrogens is 260 g/mol. The Morgan fingerprint density at radius 2 is 2.00 bits per heavy atom. The van der Waals surface area contributed by atoms with E-state index in [1.807, 2.05) is 6.07 Å². The zero-order valence-electron chi connectivity index (χ0n) is 13.6. The summed E-state index contributed by atoms with van der Waals surface area (Å²) in [5, 5.41) is 3.77. The molecule has 0 amide bonds. The fraction of sp³-hybridized carbons (Fsp3) is 0.778. The van der Waals surface area contributed by atoms with Crippen molar-refractivity contribution < 1.29 is 4.42 Å². The summed E-state index contributed by atoms with van der Waals surface area (Å²) in [4.78, 5) is 2.67. The molecule has 0 bridgehead atoms. The number of rotatable bonds is 10. The number of hydrogen-bond acceptors (Lipinski definition) is 3. The summed E-state index contributed by atoms with van der Waals surface area (Å²) < 4.78 is 5.57. The number of furan rings is 1. The SMILES string of the molecule is CCC(CC)(CNC1CC1)CN(Cc1ccco1)C1CC1. The monoisotopic (exact) mass is 290 g/mol. The Morgan fingerprint density at radius 1 is 1.24 bits per heavy atom. The molecule has 0 saturated heterocycles. The van der Waals surface area contributed by atoms with Crippen LogP contribution in [0.4, 0.5) is 0 Å². The van der Waals surface area contributed by atoms with Crippen molar-refractivity contribution in [2.75, 3.05) is 13.1 Å². The van der Waals surface area contributed by atoms with E-state index in [4.69, 9.17) is 4.42 Å². The maximum absolute atomic E-state index is 5.57. The summed E-state index contributed by atoms with van der Waals surface area (Å²) in [5.41, 5.74) is 0.414. The quantitative estimate of drug-likeness (QED) is 0.710. The van der Waals surface area contributed by atoms with Crippen molar-refractivity contribution in [2.45, 2.75) is 71.0 Å². The molecule has 2 aliphatic carbocycles. The molecule has 1 aromatic rings. The minimum absolute atomic E-state index is 0.414. The predicted octanol–water partition coefficient (Wildman–Crippen LogP) is 3.80. The van der Waals surface area contributed by atoms with Gasteiger partial charge in [0.15, 0.2) is 0 Å². The van der Waals surface area contributed by atoms with Gasteiger partial charge >= 0.3 is 0 Å². The minimum Gasteiger partial charge on any atom is -0.468 e. The van der Waals surface area contributed by atoms with Crippen LogP contribution in [0.2, 0.25) is 0 Å². The second-order valence-corrected chi connectivity index (χ2v) is 7.08. The van der Waals surface area contributed by atoms with Gasteiger partial charge in [-0.3, -0.25) is 4.90 Å². The van der Waals surface area contributed by atoms with Crippen LogP contribution in [0.3, 0.4) is 0 Å². The zero-order chi connectivity index (χ0) is 14.7. The Bertz CT molecular complexity index is 416. The smallest absolute Gasteiger partial charge is 0.117 e. The van der Waals surface area contributed by atoms with Gasteiger partial charge in [-0.1, -0.05) is 13.8 Å². The number of nitrogens with zero attached hydrogens (tertiary/aromatic N) is 1. The zero-order valence-corrected chi connectivity index (χ0v) is 13.6. The van der Waals surface area contributed by atoms with Gasteiger partial charge < -0.3 is 9.73 Å². The van der Waals surface area contributed by atoms with Crippen LogP contribution in [0.15, 0.2) is 22.8 Å². The molecule has 0 spiro atoms. The molecule has 2 fully saturated rings. The molecule has 0 radical (unpaired) electrons. The highest BCUT2D eigenvalue weighted by Crippen LogP contribution is 2.35. The molecule has 21 heavy (non-hydrogen) atoms. The van der Waals surface area contributed by atoms with Crippen molar-refractivity contribution in [3.63, 3.8) is 0 Å². The van der Waals surface area contributed by atoms with E-state index in [0.29, 0.717) is 5.41 Å². The maximum Gasteiger partial charge on any atom is 0.117 e. The van der Waals surface area contributed by atoms with Crippen molar-refractivity contribution in [1.29, 1.82) is 0 Å². The van der Waals surface area contributed by atoms with Gasteiger partial charge in [0.1, 0.15) is 5.76 Å². The summed E-state index contributed by atoms with van der Waals surface area (Å²) in [6.45, 7) is 8.06. The van der Waals surface area contributed by atoms with E-state index >= 15 is 0 Å². The van der Waals surface area contributed by atoms with E-state index in [1.54, 1.807) is 6.26 Å². The third-order valence-electron chi connectivity index (χ3n) is 5.38. The lowest BCUT2D eigenvalue weighted by atomic mass is 9.81. The third kappa shape index (κ3) is 4.10. The molecule has 1 N–H and O–H groups in total. The second-order valence-electron chi connectivity index (χ2n) is 7.08. The molecule has 0 atom stereocenters. The topological polar surface area (TPSA) is 28.4 Å². The van der Waals surface area contributed by atoms with E-state index < -0.39 is 0 Å². The largest absolute Gasteiger partial charge is 0.468 e. The van der Waals surface area contributed by atoms with Gasteiger partial charge in [-0.05, 0) is 56.1 Å². The van der Waals surface area contributed by atoms with Crippen LogP contribution in [0.25, 0.3) is 0 Å². The van der Waals surface area contributed by atoms with Gasteiger partial charge in [0.05, 0.1) is 12.8 Å². The molecule has 0 aliphatic heterocycles. The summed E-state index contributed by atoms with van der Waals surface area (Å²) in [6.07, 6.45) is 9.78. The van der Waals surface area contributed by atoms with E-state index in [2.05, 4.69) is 30.1 Å². The minimum atomic E-state index is 0.414. The standard InChI is InChI=1S/C18H30N2O/c1-3-18(4-2,13-19-15-7-8-15)14-20(16-9-10-16)12-17-6-5-11-21-17/h5-6,11,15-16,19H,3-4,7-10,12-14H2,1-2H3. The average Bonchev–Trinajstić information content (AvgIpc) is 3.43.